The highest BCUT2D eigenvalue weighted by atomic mass is 35.5. The third-order valence-electron chi connectivity index (χ3n) is 5.32. The number of carbonyl (C=O) groups is 1. The molecule has 3 rings (SSSR count). The molecule has 0 aromatic carbocycles. The van der Waals surface area contributed by atoms with Crippen LogP contribution in [0.3, 0.4) is 0 Å². The second kappa shape index (κ2) is 9.45. The molecule has 1 atom stereocenters. The van der Waals surface area contributed by atoms with Crippen LogP contribution in [0.4, 0.5) is 10.5 Å². The topological polar surface area (TPSA) is 63.7 Å². The van der Waals surface area contributed by atoms with Crippen molar-refractivity contribution in [3.63, 3.8) is 0 Å². The fraction of sp³-hybridized carbons (Fsp3) is 0.652. The summed E-state index contributed by atoms with van der Waals surface area (Å²) in [5.41, 5.74) is 0.904. The third-order valence-corrected chi connectivity index (χ3v) is 5.53. The van der Waals surface area contributed by atoms with Gasteiger partial charge >= 0.3 is 6.09 Å². The van der Waals surface area contributed by atoms with Gasteiger partial charge in [0.25, 0.3) is 0 Å². The molecule has 0 bridgehead atoms. The number of hydrogen-bond acceptors (Lipinski definition) is 5. The van der Waals surface area contributed by atoms with Gasteiger partial charge in [0.05, 0.1) is 16.8 Å². The standard InChI is InChI=1S/C23H32ClN3O3/c1-22(2,3)30-21(28)26-23(4)10-5-11-27(16-23)19-14-20(24)25-15-18(19)7-6-17-8-12-29-13-9-17/h14-15,17H,5,8-13,16H2,1-4H3,(H,26,28)/t23-/m0/s1. The quantitative estimate of drug-likeness (QED) is 0.553. The van der Waals surface area contributed by atoms with Crippen molar-refractivity contribution < 1.29 is 14.3 Å². The maximum absolute atomic E-state index is 12.4. The summed E-state index contributed by atoms with van der Waals surface area (Å²) in [6.07, 6.45) is 5.11. The van der Waals surface area contributed by atoms with Gasteiger partial charge in [-0.25, -0.2) is 9.78 Å². The molecule has 2 aliphatic heterocycles. The highest BCUT2D eigenvalue weighted by Crippen LogP contribution is 2.30. The largest absolute Gasteiger partial charge is 0.444 e. The van der Waals surface area contributed by atoms with Crippen LogP contribution in [0.1, 0.15) is 58.9 Å². The number of halogens is 1. The minimum absolute atomic E-state index is 0.350. The van der Waals surface area contributed by atoms with Crippen molar-refractivity contribution in [3.05, 3.63) is 23.0 Å². The lowest BCUT2D eigenvalue weighted by atomic mass is 9.90. The average Bonchev–Trinajstić information content (AvgIpc) is 2.66. The summed E-state index contributed by atoms with van der Waals surface area (Å²) in [6.45, 7) is 10.7. The molecule has 6 nitrogen and oxygen atoms in total. The first-order chi connectivity index (χ1) is 14.1. The van der Waals surface area contributed by atoms with Crippen LogP contribution in [0.5, 0.6) is 0 Å². The summed E-state index contributed by atoms with van der Waals surface area (Å²) >= 11 is 6.22. The number of rotatable bonds is 2. The van der Waals surface area contributed by atoms with E-state index < -0.39 is 11.1 Å². The molecule has 0 aliphatic carbocycles. The van der Waals surface area contributed by atoms with E-state index in [1.807, 2.05) is 26.8 Å². The molecule has 0 spiro atoms. The van der Waals surface area contributed by atoms with Gasteiger partial charge in [0.1, 0.15) is 10.8 Å². The summed E-state index contributed by atoms with van der Waals surface area (Å²) in [4.78, 5) is 18.8. The van der Waals surface area contributed by atoms with Crippen molar-refractivity contribution in [1.82, 2.24) is 10.3 Å². The van der Waals surface area contributed by atoms with Gasteiger partial charge in [-0.3, -0.25) is 0 Å². The van der Waals surface area contributed by atoms with Crippen LogP contribution in [0.25, 0.3) is 0 Å². The number of nitrogens with one attached hydrogen (secondary N) is 1. The number of piperidine rings is 1. The first kappa shape index (κ1) is 22.7. The molecule has 0 unspecified atom stereocenters. The molecule has 7 heteroatoms. The van der Waals surface area contributed by atoms with Crippen LogP contribution in [0.2, 0.25) is 5.15 Å². The second-order valence-electron chi connectivity index (χ2n) is 9.39. The summed E-state index contributed by atoms with van der Waals surface area (Å²) in [6, 6.07) is 1.87. The number of alkyl carbamates (subject to hydrolysis) is 1. The lowest BCUT2D eigenvalue weighted by molar-refractivity contribution is 0.0454. The molecule has 2 aliphatic rings. The van der Waals surface area contributed by atoms with Crippen molar-refractivity contribution >= 4 is 23.4 Å². The maximum atomic E-state index is 12.4. The molecular weight excluding hydrogens is 402 g/mol. The van der Waals surface area contributed by atoms with Crippen LogP contribution in [0.15, 0.2) is 12.3 Å². The van der Waals surface area contributed by atoms with E-state index in [2.05, 4.69) is 34.0 Å². The zero-order valence-corrected chi connectivity index (χ0v) is 19.1. The van der Waals surface area contributed by atoms with Crippen LogP contribution in [-0.4, -0.2) is 48.5 Å². The number of nitrogens with zero attached hydrogens (tertiary/aromatic N) is 2. The number of anilines is 1. The van der Waals surface area contributed by atoms with Gasteiger partial charge < -0.3 is 19.7 Å². The van der Waals surface area contributed by atoms with E-state index in [-0.39, 0.29) is 6.09 Å². The molecule has 1 aromatic rings. The molecule has 2 saturated heterocycles. The Hall–Kier alpha value is -1.97. The fourth-order valence-corrected chi connectivity index (χ4v) is 4.05. The Kier molecular flexibility index (Phi) is 7.15. The minimum Gasteiger partial charge on any atom is -0.444 e. The number of aromatic nitrogens is 1. The molecule has 30 heavy (non-hydrogen) atoms. The molecule has 3 heterocycles. The molecule has 1 amide bonds. The Morgan fingerprint density at radius 3 is 2.83 bits per heavy atom. The van der Waals surface area contributed by atoms with E-state index in [1.165, 1.54) is 0 Å². The van der Waals surface area contributed by atoms with Crippen molar-refractivity contribution in [1.29, 1.82) is 0 Å². The van der Waals surface area contributed by atoms with Gasteiger partial charge in [-0.1, -0.05) is 23.4 Å². The average molecular weight is 434 g/mol. The van der Waals surface area contributed by atoms with Gasteiger partial charge in [-0.2, -0.15) is 0 Å². The van der Waals surface area contributed by atoms with E-state index in [0.29, 0.717) is 17.6 Å². The van der Waals surface area contributed by atoms with Crippen molar-refractivity contribution in [2.75, 3.05) is 31.2 Å². The summed E-state index contributed by atoms with van der Waals surface area (Å²) in [5.74, 6) is 7.06. The Morgan fingerprint density at radius 2 is 2.13 bits per heavy atom. The van der Waals surface area contributed by atoms with Gasteiger partial charge in [-0.05, 0) is 53.4 Å². The van der Waals surface area contributed by atoms with E-state index in [4.69, 9.17) is 21.1 Å². The number of ether oxygens (including phenoxy) is 2. The Balaban J connectivity index is 1.77. The van der Waals surface area contributed by atoms with Gasteiger partial charge in [0.2, 0.25) is 0 Å². The van der Waals surface area contributed by atoms with E-state index in [0.717, 1.165) is 56.7 Å². The van der Waals surface area contributed by atoms with E-state index >= 15 is 0 Å². The van der Waals surface area contributed by atoms with Crippen molar-refractivity contribution in [2.24, 2.45) is 5.92 Å². The van der Waals surface area contributed by atoms with Crippen LogP contribution in [0, 0.1) is 17.8 Å². The zero-order valence-electron chi connectivity index (χ0n) is 18.4. The first-order valence-electron chi connectivity index (χ1n) is 10.6. The predicted octanol–water partition coefficient (Wildman–Crippen LogP) is 4.40. The SMILES string of the molecule is CC(C)(C)OC(=O)N[C@@]1(C)CCCN(c2cc(Cl)ncc2C#CC2CCOCC2)C1. The maximum Gasteiger partial charge on any atom is 0.408 e. The Morgan fingerprint density at radius 1 is 1.40 bits per heavy atom. The lowest BCUT2D eigenvalue weighted by Crippen LogP contribution is -2.57. The zero-order chi connectivity index (χ0) is 21.8. The molecule has 1 aromatic heterocycles. The fourth-order valence-electron chi connectivity index (χ4n) is 3.90. The van der Waals surface area contributed by atoms with Crippen LogP contribution < -0.4 is 10.2 Å². The number of amides is 1. The second-order valence-corrected chi connectivity index (χ2v) is 9.78. The molecule has 2 fully saturated rings. The van der Waals surface area contributed by atoms with Crippen LogP contribution >= 0.6 is 11.6 Å². The Labute approximate surface area is 184 Å². The third kappa shape index (κ3) is 6.52. The molecule has 0 radical (unpaired) electrons. The Bertz CT molecular complexity index is 821. The monoisotopic (exact) mass is 433 g/mol. The van der Waals surface area contributed by atoms with Crippen molar-refractivity contribution in [2.45, 2.75) is 64.5 Å². The highest BCUT2D eigenvalue weighted by Gasteiger charge is 2.34. The molecule has 0 saturated carbocycles. The van der Waals surface area contributed by atoms with E-state index in [9.17, 15) is 4.79 Å². The molecule has 164 valence electrons. The summed E-state index contributed by atoms with van der Waals surface area (Å²) in [5, 5.41) is 3.51. The van der Waals surface area contributed by atoms with Gasteiger partial charge in [-0.15, -0.1) is 0 Å². The lowest BCUT2D eigenvalue weighted by Gasteiger charge is -2.42. The van der Waals surface area contributed by atoms with Crippen molar-refractivity contribution in [3.8, 4) is 11.8 Å². The minimum atomic E-state index is -0.527. The summed E-state index contributed by atoms with van der Waals surface area (Å²) < 4.78 is 10.9. The smallest absolute Gasteiger partial charge is 0.408 e. The van der Waals surface area contributed by atoms with E-state index in [1.54, 1.807) is 6.20 Å². The van der Waals surface area contributed by atoms with Gasteiger partial charge in [0.15, 0.2) is 0 Å². The number of hydrogen-bond donors (Lipinski definition) is 1. The summed E-state index contributed by atoms with van der Waals surface area (Å²) in [7, 11) is 0. The van der Waals surface area contributed by atoms with Gasteiger partial charge in [0, 0.05) is 44.5 Å². The number of pyridine rings is 1. The predicted molar refractivity (Wildman–Crippen MR) is 119 cm³/mol. The normalized spacial score (nSPS) is 22.8. The first-order valence-corrected chi connectivity index (χ1v) is 11.0. The molecule has 1 N–H and O–H groups in total. The number of carbonyl (C=O) groups excluding carboxylic acids is 1. The van der Waals surface area contributed by atoms with Crippen LogP contribution in [-0.2, 0) is 9.47 Å². The highest BCUT2D eigenvalue weighted by molar-refractivity contribution is 6.29. The molecular formula is C23H32ClN3O3.